The number of nitrogens with one attached hydrogen (secondary N) is 1. The number of hydrogen-bond acceptors (Lipinski definition) is 5. The summed E-state index contributed by atoms with van der Waals surface area (Å²) in [6.07, 6.45) is 3.33. The zero-order valence-electron chi connectivity index (χ0n) is 12.1. The Morgan fingerprint density at radius 2 is 2.04 bits per heavy atom. The fourth-order valence-electron chi connectivity index (χ4n) is 2.15. The molecule has 1 amide bonds. The van der Waals surface area contributed by atoms with E-state index in [0.717, 1.165) is 0 Å². The van der Waals surface area contributed by atoms with Crippen LogP contribution in [0.3, 0.4) is 0 Å². The van der Waals surface area contributed by atoms with Crippen molar-refractivity contribution in [3.05, 3.63) is 46.7 Å². The summed E-state index contributed by atoms with van der Waals surface area (Å²) in [6.45, 7) is 1.12. The number of carbonyl (C=O) groups is 1. The molecule has 1 aromatic heterocycles. The summed E-state index contributed by atoms with van der Waals surface area (Å²) in [5.74, 6) is 0.911. The number of nitrogens with zero attached hydrogens (tertiary/aromatic N) is 3. The molecule has 1 N–H and O–H groups in total. The number of ether oxygens (including phenoxy) is 1. The first-order valence-corrected chi connectivity index (χ1v) is 7.76. The standard InChI is InChI=1S/C15H14Cl2N4O2/c16-10-2-3-13(12(17)6-10)23-9-14(22)21-7-11(8-21)20-15-18-4-1-5-19-15/h1-6,11H,7-9H2,(H,18,19,20). The van der Waals surface area contributed by atoms with E-state index in [1.807, 2.05) is 0 Å². The van der Waals surface area contributed by atoms with E-state index in [1.165, 1.54) is 0 Å². The van der Waals surface area contributed by atoms with Gasteiger partial charge in [0.2, 0.25) is 5.95 Å². The first kappa shape index (κ1) is 15.8. The Balaban J connectivity index is 1.44. The minimum atomic E-state index is -0.0944. The van der Waals surface area contributed by atoms with Gasteiger partial charge in [0.05, 0.1) is 11.1 Å². The van der Waals surface area contributed by atoms with Crippen molar-refractivity contribution in [3.8, 4) is 5.75 Å². The van der Waals surface area contributed by atoms with Gasteiger partial charge in [0.15, 0.2) is 6.61 Å². The molecule has 0 spiro atoms. The van der Waals surface area contributed by atoms with Gasteiger partial charge in [-0.05, 0) is 24.3 Å². The van der Waals surface area contributed by atoms with E-state index < -0.39 is 0 Å². The van der Waals surface area contributed by atoms with Gasteiger partial charge >= 0.3 is 0 Å². The Bertz CT molecular complexity index is 693. The first-order valence-electron chi connectivity index (χ1n) is 7.01. The maximum Gasteiger partial charge on any atom is 0.260 e. The normalized spacial score (nSPS) is 14.3. The summed E-state index contributed by atoms with van der Waals surface area (Å²) in [5, 5.41) is 4.07. The van der Waals surface area contributed by atoms with Crippen LogP contribution in [0.1, 0.15) is 0 Å². The molecular formula is C15H14Cl2N4O2. The van der Waals surface area contributed by atoms with Crippen molar-refractivity contribution in [3.63, 3.8) is 0 Å². The minimum absolute atomic E-state index is 0.0596. The molecule has 2 heterocycles. The Kier molecular flexibility index (Phi) is 4.83. The van der Waals surface area contributed by atoms with Gasteiger partial charge in [0.1, 0.15) is 5.75 Å². The van der Waals surface area contributed by atoms with E-state index >= 15 is 0 Å². The molecule has 6 nitrogen and oxygen atoms in total. The van der Waals surface area contributed by atoms with Crippen molar-refractivity contribution in [1.29, 1.82) is 0 Å². The number of aromatic nitrogens is 2. The topological polar surface area (TPSA) is 67.3 Å². The summed E-state index contributed by atoms with van der Waals surface area (Å²) in [5.41, 5.74) is 0. The van der Waals surface area contributed by atoms with E-state index in [-0.39, 0.29) is 18.6 Å². The van der Waals surface area contributed by atoms with Gasteiger partial charge in [-0.25, -0.2) is 9.97 Å². The molecule has 1 fully saturated rings. The third kappa shape index (κ3) is 4.03. The lowest BCUT2D eigenvalue weighted by Crippen LogP contribution is -2.58. The number of carbonyl (C=O) groups excluding carboxylic acids is 1. The maximum absolute atomic E-state index is 12.0. The lowest BCUT2D eigenvalue weighted by Gasteiger charge is -2.39. The number of benzene rings is 1. The minimum Gasteiger partial charge on any atom is -0.482 e. The second-order valence-corrected chi connectivity index (χ2v) is 5.92. The highest BCUT2D eigenvalue weighted by Gasteiger charge is 2.31. The molecule has 1 aromatic carbocycles. The summed E-state index contributed by atoms with van der Waals surface area (Å²) < 4.78 is 5.44. The van der Waals surface area contributed by atoms with Gasteiger partial charge < -0.3 is 15.0 Å². The average Bonchev–Trinajstić information content (AvgIpc) is 2.50. The van der Waals surface area contributed by atoms with Gasteiger partial charge in [-0.15, -0.1) is 0 Å². The van der Waals surface area contributed by atoms with Gasteiger partial charge in [-0.1, -0.05) is 23.2 Å². The van der Waals surface area contributed by atoms with E-state index in [4.69, 9.17) is 27.9 Å². The van der Waals surface area contributed by atoms with E-state index in [2.05, 4.69) is 15.3 Å². The molecule has 120 valence electrons. The second kappa shape index (κ2) is 7.02. The number of amides is 1. The van der Waals surface area contributed by atoms with Crippen LogP contribution in [0, 0.1) is 0 Å². The average molecular weight is 353 g/mol. The smallest absolute Gasteiger partial charge is 0.260 e. The molecule has 0 aliphatic carbocycles. The molecule has 2 aromatic rings. The molecular weight excluding hydrogens is 339 g/mol. The molecule has 0 radical (unpaired) electrons. The predicted octanol–water partition coefficient (Wildman–Crippen LogP) is 2.49. The molecule has 0 unspecified atom stereocenters. The third-order valence-electron chi connectivity index (χ3n) is 3.38. The molecule has 0 saturated carbocycles. The molecule has 0 bridgehead atoms. The molecule has 1 aliphatic heterocycles. The van der Waals surface area contributed by atoms with Crippen LogP contribution in [0.5, 0.6) is 5.75 Å². The van der Waals surface area contributed by atoms with Gasteiger partial charge in [-0.2, -0.15) is 0 Å². The van der Waals surface area contributed by atoms with Crippen molar-refractivity contribution in [2.45, 2.75) is 6.04 Å². The zero-order chi connectivity index (χ0) is 16.2. The Morgan fingerprint density at radius 1 is 1.30 bits per heavy atom. The van der Waals surface area contributed by atoms with Crippen molar-refractivity contribution in [1.82, 2.24) is 14.9 Å². The molecule has 1 saturated heterocycles. The third-order valence-corrected chi connectivity index (χ3v) is 3.91. The highest BCUT2D eigenvalue weighted by atomic mass is 35.5. The number of likely N-dealkylation sites (tertiary alicyclic amines) is 1. The number of anilines is 1. The van der Waals surface area contributed by atoms with E-state index in [0.29, 0.717) is 34.8 Å². The summed E-state index contributed by atoms with van der Waals surface area (Å²) >= 11 is 11.8. The second-order valence-electron chi connectivity index (χ2n) is 5.08. The molecule has 3 rings (SSSR count). The van der Waals surface area contributed by atoms with Crippen molar-refractivity contribution >= 4 is 35.1 Å². The van der Waals surface area contributed by atoms with Crippen molar-refractivity contribution < 1.29 is 9.53 Å². The lowest BCUT2D eigenvalue weighted by atomic mass is 10.1. The molecule has 23 heavy (non-hydrogen) atoms. The van der Waals surface area contributed by atoms with Crippen LogP contribution in [0.25, 0.3) is 0 Å². The van der Waals surface area contributed by atoms with Gasteiger partial charge in [0, 0.05) is 30.5 Å². The Labute approximate surface area is 143 Å². The van der Waals surface area contributed by atoms with Gasteiger partial charge in [0.25, 0.3) is 5.91 Å². The SMILES string of the molecule is O=C(COc1ccc(Cl)cc1Cl)N1CC(Nc2ncccn2)C1. The lowest BCUT2D eigenvalue weighted by molar-refractivity contribution is -0.137. The molecule has 1 aliphatic rings. The fraction of sp³-hybridized carbons (Fsp3) is 0.267. The van der Waals surface area contributed by atoms with E-state index in [9.17, 15) is 4.79 Å². The van der Waals surface area contributed by atoms with E-state index in [1.54, 1.807) is 41.6 Å². The Morgan fingerprint density at radius 3 is 2.74 bits per heavy atom. The number of rotatable bonds is 5. The predicted molar refractivity (Wildman–Crippen MR) is 88.0 cm³/mol. The van der Waals surface area contributed by atoms with Crippen LogP contribution in [0.4, 0.5) is 5.95 Å². The van der Waals surface area contributed by atoms with Crippen LogP contribution in [-0.4, -0.2) is 46.5 Å². The molecule has 0 atom stereocenters. The number of halogens is 2. The number of hydrogen-bond donors (Lipinski definition) is 1. The fourth-order valence-corrected chi connectivity index (χ4v) is 2.62. The van der Waals surface area contributed by atoms with Crippen LogP contribution >= 0.6 is 23.2 Å². The first-order chi connectivity index (χ1) is 11.1. The Hall–Kier alpha value is -2.05. The van der Waals surface area contributed by atoms with Crippen LogP contribution < -0.4 is 10.1 Å². The summed E-state index contributed by atoms with van der Waals surface area (Å²) in [6, 6.07) is 6.79. The summed E-state index contributed by atoms with van der Waals surface area (Å²) in [7, 11) is 0. The van der Waals surface area contributed by atoms with Crippen LogP contribution in [0.15, 0.2) is 36.7 Å². The summed E-state index contributed by atoms with van der Waals surface area (Å²) in [4.78, 5) is 21.9. The highest BCUT2D eigenvalue weighted by molar-refractivity contribution is 6.35. The largest absolute Gasteiger partial charge is 0.482 e. The zero-order valence-corrected chi connectivity index (χ0v) is 13.6. The monoisotopic (exact) mass is 352 g/mol. The maximum atomic E-state index is 12.0. The van der Waals surface area contributed by atoms with Crippen LogP contribution in [-0.2, 0) is 4.79 Å². The van der Waals surface area contributed by atoms with Gasteiger partial charge in [-0.3, -0.25) is 4.79 Å². The van der Waals surface area contributed by atoms with Crippen LogP contribution in [0.2, 0.25) is 10.0 Å². The quantitative estimate of drug-likeness (QED) is 0.895. The van der Waals surface area contributed by atoms with Crippen molar-refractivity contribution in [2.75, 3.05) is 25.0 Å². The highest BCUT2D eigenvalue weighted by Crippen LogP contribution is 2.27. The van der Waals surface area contributed by atoms with Crippen molar-refractivity contribution in [2.24, 2.45) is 0 Å². The molecule has 8 heteroatoms.